The molecule has 4 rings (SSSR count). The first-order chi connectivity index (χ1) is 13.4. The first-order valence-corrected chi connectivity index (χ1v) is 11.0. The summed E-state index contributed by atoms with van der Waals surface area (Å²) in [5, 5.41) is 0. The van der Waals surface area contributed by atoms with Gasteiger partial charge in [-0.25, -0.2) is 13.2 Å². The Labute approximate surface area is 164 Å². The molecule has 2 aliphatic rings. The molecule has 0 bridgehead atoms. The molecule has 2 atom stereocenters. The number of benzene rings is 2. The van der Waals surface area contributed by atoms with Crippen LogP contribution in [0.15, 0.2) is 48.5 Å². The van der Waals surface area contributed by atoms with E-state index in [0.717, 1.165) is 0 Å². The first-order valence-electron chi connectivity index (χ1n) is 9.14. The lowest BCUT2D eigenvalue weighted by Gasteiger charge is -2.24. The Morgan fingerprint density at radius 1 is 1.00 bits per heavy atom. The van der Waals surface area contributed by atoms with Crippen LogP contribution in [0.5, 0.6) is 11.5 Å². The number of amides is 2. The van der Waals surface area contributed by atoms with Gasteiger partial charge in [-0.05, 0) is 43.3 Å². The molecule has 28 heavy (non-hydrogen) atoms. The van der Waals surface area contributed by atoms with E-state index < -0.39 is 21.9 Å². The third kappa shape index (κ3) is 3.07. The molecule has 148 valence electrons. The molecule has 0 unspecified atom stereocenters. The molecule has 0 saturated carbocycles. The molecule has 0 aromatic heterocycles. The van der Waals surface area contributed by atoms with Crippen molar-refractivity contribution >= 4 is 27.2 Å². The summed E-state index contributed by atoms with van der Waals surface area (Å²) >= 11 is 0. The molecule has 2 aromatic rings. The first kappa shape index (κ1) is 18.6. The molecular formula is C20H22N2O5S. The van der Waals surface area contributed by atoms with E-state index in [0.29, 0.717) is 29.5 Å². The van der Waals surface area contributed by atoms with Crippen molar-refractivity contribution < 1.29 is 22.7 Å². The Bertz CT molecular complexity index is 990. The van der Waals surface area contributed by atoms with Crippen molar-refractivity contribution in [1.82, 2.24) is 0 Å². The van der Waals surface area contributed by atoms with Crippen molar-refractivity contribution in [2.45, 2.75) is 19.0 Å². The highest BCUT2D eigenvalue weighted by Gasteiger charge is 2.54. The van der Waals surface area contributed by atoms with Crippen molar-refractivity contribution in [2.75, 3.05) is 35.0 Å². The van der Waals surface area contributed by atoms with Crippen molar-refractivity contribution in [1.29, 1.82) is 0 Å². The predicted octanol–water partition coefficient (Wildman–Crippen LogP) is 2.71. The number of rotatable bonds is 5. The van der Waals surface area contributed by atoms with Gasteiger partial charge in [0.1, 0.15) is 11.5 Å². The number of hydrogen-bond acceptors (Lipinski definition) is 5. The number of fused-ring (bicyclic) bond motifs is 1. The fourth-order valence-electron chi connectivity index (χ4n) is 3.99. The molecule has 0 spiro atoms. The standard InChI is InChI=1S/C20H22N2O5S/c1-3-27-15-10-8-14(9-11-15)21-17-12-28(24,25)13-18(17)22(20(21)23)16-6-4-5-7-19(16)26-2/h4-11,17-18H,3,12-13H2,1-2H3/t17-,18+/m0/s1. The zero-order valence-corrected chi connectivity index (χ0v) is 16.6. The van der Waals surface area contributed by atoms with Gasteiger partial charge in [0.05, 0.1) is 43.0 Å². The Morgan fingerprint density at radius 3 is 2.29 bits per heavy atom. The molecule has 2 heterocycles. The fourth-order valence-corrected chi connectivity index (χ4v) is 5.90. The van der Waals surface area contributed by atoms with Crippen molar-refractivity contribution in [3.8, 4) is 11.5 Å². The minimum absolute atomic E-state index is 0.0533. The summed E-state index contributed by atoms with van der Waals surface area (Å²) in [5.74, 6) is 1.12. The summed E-state index contributed by atoms with van der Waals surface area (Å²) in [6.07, 6.45) is 0. The highest BCUT2D eigenvalue weighted by atomic mass is 32.2. The lowest BCUT2D eigenvalue weighted by Crippen LogP contribution is -2.38. The normalized spacial score (nSPS) is 23.0. The quantitative estimate of drug-likeness (QED) is 0.719. The average Bonchev–Trinajstić information content (AvgIpc) is 3.11. The number of carbonyl (C=O) groups excluding carboxylic acids is 1. The van der Waals surface area contributed by atoms with Crippen LogP contribution < -0.4 is 19.3 Å². The van der Waals surface area contributed by atoms with Gasteiger partial charge < -0.3 is 9.47 Å². The molecule has 8 heteroatoms. The summed E-state index contributed by atoms with van der Waals surface area (Å²) in [6, 6.07) is 13.2. The van der Waals surface area contributed by atoms with Crippen LogP contribution in [-0.4, -0.2) is 51.8 Å². The van der Waals surface area contributed by atoms with Crippen molar-refractivity contribution in [2.24, 2.45) is 0 Å². The maximum atomic E-state index is 13.4. The minimum atomic E-state index is -3.25. The van der Waals surface area contributed by atoms with E-state index in [4.69, 9.17) is 9.47 Å². The third-order valence-electron chi connectivity index (χ3n) is 5.14. The average molecular weight is 402 g/mol. The number of ether oxygens (including phenoxy) is 2. The SMILES string of the molecule is CCOc1ccc(N2C(=O)N(c3ccccc3OC)[C@@H]3CS(=O)(=O)C[C@@H]32)cc1. The Morgan fingerprint density at radius 2 is 1.64 bits per heavy atom. The Kier molecular flexibility index (Phi) is 4.66. The number of urea groups is 1. The van der Waals surface area contributed by atoms with E-state index >= 15 is 0 Å². The summed E-state index contributed by atoms with van der Waals surface area (Å²) in [6.45, 7) is 2.45. The highest BCUT2D eigenvalue weighted by Crippen LogP contribution is 2.41. The zero-order chi connectivity index (χ0) is 19.9. The Hall–Kier alpha value is -2.74. The zero-order valence-electron chi connectivity index (χ0n) is 15.7. The number of hydrogen-bond donors (Lipinski definition) is 0. The lowest BCUT2D eigenvalue weighted by atomic mass is 10.1. The van der Waals surface area contributed by atoms with Crippen molar-refractivity contribution in [3.63, 3.8) is 0 Å². The van der Waals surface area contributed by atoms with Gasteiger partial charge in [-0.1, -0.05) is 12.1 Å². The van der Waals surface area contributed by atoms with Gasteiger partial charge in [0, 0.05) is 5.69 Å². The van der Waals surface area contributed by atoms with Gasteiger partial charge in [0.15, 0.2) is 9.84 Å². The van der Waals surface area contributed by atoms with Gasteiger partial charge in [0.2, 0.25) is 0 Å². The summed E-state index contributed by atoms with van der Waals surface area (Å²) in [4.78, 5) is 16.5. The van der Waals surface area contributed by atoms with Gasteiger partial charge in [-0.3, -0.25) is 9.80 Å². The van der Waals surface area contributed by atoms with E-state index in [1.54, 1.807) is 46.2 Å². The monoisotopic (exact) mass is 402 g/mol. The van der Waals surface area contributed by atoms with E-state index in [2.05, 4.69) is 0 Å². The van der Waals surface area contributed by atoms with Gasteiger partial charge in [-0.2, -0.15) is 0 Å². The minimum Gasteiger partial charge on any atom is -0.495 e. The number of anilines is 2. The Balaban J connectivity index is 1.76. The maximum Gasteiger partial charge on any atom is 0.329 e. The van der Waals surface area contributed by atoms with Gasteiger partial charge >= 0.3 is 6.03 Å². The van der Waals surface area contributed by atoms with Crippen LogP contribution in [-0.2, 0) is 9.84 Å². The molecule has 2 saturated heterocycles. The molecule has 7 nitrogen and oxygen atoms in total. The van der Waals surface area contributed by atoms with Crippen molar-refractivity contribution in [3.05, 3.63) is 48.5 Å². The summed E-state index contributed by atoms with van der Waals surface area (Å²) in [7, 11) is -1.71. The lowest BCUT2D eigenvalue weighted by molar-refractivity contribution is 0.255. The highest BCUT2D eigenvalue weighted by molar-refractivity contribution is 7.91. The molecule has 2 fully saturated rings. The second kappa shape index (κ2) is 7.01. The van der Waals surface area contributed by atoms with Gasteiger partial charge in [0.25, 0.3) is 0 Å². The van der Waals surface area contributed by atoms with Crippen LogP contribution in [0.25, 0.3) is 0 Å². The summed E-state index contributed by atoms with van der Waals surface area (Å²) in [5.41, 5.74) is 1.23. The predicted molar refractivity (Wildman–Crippen MR) is 107 cm³/mol. The number of sulfone groups is 1. The van der Waals surface area contributed by atoms with Gasteiger partial charge in [-0.15, -0.1) is 0 Å². The number of nitrogens with zero attached hydrogens (tertiary/aromatic N) is 2. The molecule has 0 radical (unpaired) electrons. The molecule has 2 amide bonds. The number of carbonyl (C=O) groups is 1. The van der Waals surface area contributed by atoms with E-state index in [9.17, 15) is 13.2 Å². The number of para-hydroxylation sites is 2. The second-order valence-electron chi connectivity index (χ2n) is 6.83. The third-order valence-corrected chi connectivity index (χ3v) is 6.84. The fraction of sp³-hybridized carbons (Fsp3) is 0.350. The maximum absolute atomic E-state index is 13.4. The van der Waals surface area contributed by atoms with Crippen LogP contribution >= 0.6 is 0 Å². The molecule has 2 aliphatic heterocycles. The van der Waals surface area contributed by atoms with Crippen LogP contribution in [0.3, 0.4) is 0 Å². The van der Waals surface area contributed by atoms with Crippen LogP contribution in [0.4, 0.5) is 16.2 Å². The largest absolute Gasteiger partial charge is 0.495 e. The van der Waals surface area contributed by atoms with E-state index in [1.165, 1.54) is 7.11 Å². The van der Waals surface area contributed by atoms with Crippen LogP contribution in [0, 0.1) is 0 Å². The molecule has 0 N–H and O–H groups in total. The van der Waals surface area contributed by atoms with Crippen LogP contribution in [0.2, 0.25) is 0 Å². The number of methoxy groups -OCH3 is 1. The van der Waals surface area contributed by atoms with Crippen LogP contribution in [0.1, 0.15) is 6.92 Å². The topological polar surface area (TPSA) is 76.2 Å². The second-order valence-corrected chi connectivity index (χ2v) is 8.99. The van der Waals surface area contributed by atoms with E-state index in [-0.39, 0.29) is 17.5 Å². The molecule has 2 aromatic carbocycles. The molecule has 0 aliphatic carbocycles. The molecular weight excluding hydrogens is 380 g/mol. The summed E-state index contributed by atoms with van der Waals surface area (Å²) < 4.78 is 35.6. The smallest absolute Gasteiger partial charge is 0.329 e. The van der Waals surface area contributed by atoms with E-state index in [1.807, 2.05) is 19.1 Å².